The predicted octanol–water partition coefficient (Wildman–Crippen LogP) is 0.712. The van der Waals surface area contributed by atoms with Crippen LogP contribution in [0.1, 0.15) is 31.0 Å². The van der Waals surface area contributed by atoms with Crippen LogP contribution < -0.4 is 10.6 Å². The number of aromatic nitrogens is 2. The number of aryl methyl sites for hydroxylation is 1. The highest BCUT2D eigenvalue weighted by atomic mass is 35.5. The molecule has 6 nitrogen and oxygen atoms in total. The lowest BCUT2D eigenvalue weighted by atomic mass is 9.93. The number of piperidine rings is 1. The molecule has 108 valence electrons. The number of carbonyl (C=O) groups is 1. The lowest BCUT2D eigenvalue weighted by Crippen LogP contribution is -2.27. The van der Waals surface area contributed by atoms with Gasteiger partial charge in [0.15, 0.2) is 5.82 Å². The van der Waals surface area contributed by atoms with Crippen LogP contribution in [-0.2, 0) is 17.6 Å². The second-order valence-electron chi connectivity index (χ2n) is 4.69. The number of likely N-dealkylation sites (N-methyl/N-ethyl adjacent to an activating group) is 1. The van der Waals surface area contributed by atoms with E-state index in [0.29, 0.717) is 11.7 Å². The summed E-state index contributed by atoms with van der Waals surface area (Å²) in [7, 11) is 1.60. The van der Waals surface area contributed by atoms with Crippen molar-refractivity contribution in [1.82, 2.24) is 20.8 Å². The summed E-state index contributed by atoms with van der Waals surface area (Å²) in [6.07, 6.45) is 4.53. The van der Waals surface area contributed by atoms with Crippen LogP contribution in [0.5, 0.6) is 0 Å². The molecular weight excluding hydrogens is 268 g/mol. The van der Waals surface area contributed by atoms with Gasteiger partial charge in [-0.1, -0.05) is 5.16 Å². The first-order chi connectivity index (χ1) is 8.78. The van der Waals surface area contributed by atoms with Gasteiger partial charge in [-0.05, 0) is 38.3 Å². The molecule has 1 aliphatic heterocycles. The number of hydrogen-bond acceptors (Lipinski definition) is 5. The second-order valence-corrected chi connectivity index (χ2v) is 4.69. The fourth-order valence-electron chi connectivity index (χ4n) is 2.19. The molecule has 7 heteroatoms. The topological polar surface area (TPSA) is 80.0 Å². The minimum absolute atomic E-state index is 0. The van der Waals surface area contributed by atoms with E-state index in [2.05, 4.69) is 20.8 Å². The van der Waals surface area contributed by atoms with Crippen molar-refractivity contribution in [2.75, 3.05) is 20.1 Å². The quantitative estimate of drug-likeness (QED) is 0.834. The number of hydrogen-bond donors (Lipinski definition) is 2. The first-order valence-electron chi connectivity index (χ1n) is 6.50. The summed E-state index contributed by atoms with van der Waals surface area (Å²) in [5.41, 5.74) is 0. The van der Waals surface area contributed by atoms with E-state index in [1.807, 2.05) is 0 Å². The Morgan fingerprint density at radius 1 is 1.47 bits per heavy atom. The van der Waals surface area contributed by atoms with E-state index in [-0.39, 0.29) is 24.7 Å². The standard InChI is InChI=1S/C12H20N4O2.ClH/c1-13-11(17)8-10-15-12(18-16-10)3-2-9-4-6-14-7-5-9;/h9,14H,2-8H2,1H3,(H,13,17);1H. The Morgan fingerprint density at radius 2 is 2.21 bits per heavy atom. The smallest absolute Gasteiger partial charge is 0.227 e. The maximum atomic E-state index is 11.2. The molecule has 2 heterocycles. The average Bonchev–Trinajstić information content (AvgIpc) is 2.85. The molecule has 0 radical (unpaired) electrons. The lowest BCUT2D eigenvalue weighted by molar-refractivity contribution is -0.120. The van der Waals surface area contributed by atoms with Crippen LogP contribution in [0.3, 0.4) is 0 Å². The normalized spacial score (nSPS) is 15.8. The molecule has 2 rings (SSSR count). The van der Waals surface area contributed by atoms with Crippen molar-refractivity contribution in [2.24, 2.45) is 5.92 Å². The van der Waals surface area contributed by atoms with Crippen LogP contribution >= 0.6 is 12.4 Å². The van der Waals surface area contributed by atoms with Gasteiger partial charge in [0.25, 0.3) is 0 Å². The minimum Gasteiger partial charge on any atom is -0.359 e. The third kappa shape index (κ3) is 5.16. The second kappa shape index (κ2) is 8.12. The monoisotopic (exact) mass is 288 g/mol. The molecule has 0 aromatic carbocycles. The number of nitrogens with zero attached hydrogens (tertiary/aromatic N) is 2. The van der Waals surface area contributed by atoms with Crippen molar-refractivity contribution in [3.63, 3.8) is 0 Å². The van der Waals surface area contributed by atoms with Crippen molar-refractivity contribution in [2.45, 2.75) is 32.1 Å². The highest BCUT2D eigenvalue weighted by molar-refractivity contribution is 5.85. The Hall–Kier alpha value is -1.14. The molecule has 2 N–H and O–H groups in total. The molecule has 0 spiro atoms. The van der Waals surface area contributed by atoms with Crippen LogP contribution in [0.15, 0.2) is 4.52 Å². The Balaban J connectivity index is 0.00000180. The van der Waals surface area contributed by atoms with Crippen molar-refractivity contribution in [3.05, 3.63) is 11.7 Å². The molecule has 0 bridgehead atoms. The van der Waals surface area contributed by atoms with Gasteiger partial charge in [-0.25, -0.2) is 0 Å². The van der Waals surface area contributed by atoms with E-state index in [0.717, 1.165) is 31.8 Å². The summed E-state index contributed by atoms with van der Waals surface area (Å²) in [5.74, 6) is 1.77. The Morgan fingerprint density at radius 3 is 2.89 bits per heavy atom. The molecule has 0 atom stereocenters. The van der Waals surface area contributed by atoms with E-state index in [9.17, 15) is 4.79 Å². The molecule has 19 heavy (non-hydrogen) atoms. The van der Waals surface area contributed by atoms with E-state index in [4.69, 9.17) is 4.52 Å². The van der Waals surface area contributed by atoms with Crippen molar-refractivity contribution >= 4 is 18.3 Å². The summed E-state index contributed by atoms with van der Waals surface area (Å²) in [6.45, 7) is 2.22. The van der Waals surface area contributed by atoms with Crippen molar-refractivity contribution in [1.29, 1.82) is 0 Å². The first-order valence-corrected chi connectivity index (χ1v) is 6.50. The van der Waals surface area contributed by atoms with E-state index in [1.54, 1.807) is 7.05 Å². The SMILES string of the molecule is CNC(=O)Cc1noc(CCC2CCNCC2)n1.Cl. The molecule has 1 aliphatic rings. The van der Waals surface area contributed by atoms with Gasteiger partial charge in [0.2, 0.25) is 11.8 Å². The molecule has 1 aromatic heterocycles. The third-order valence-electron chi connectivity index (χ3n) is 3.33. The Bertz CT molecular complexity index is 391. The summed E-state index contributed by atoms with van der Waals surface area (Å²) in [5, 5.41) is 9.70. The molecular formula is C12H21ClN4O2. The number of carbonyl (C=O) groups excluding carboxylic acids is 1. The first kappa shape index (κ1) is 15.9. The van der Waals surface area contributed by atoms with Gasteiger partial charge in [-0.2, -0.15) is 4.98 Å². The van der Waals surface area contributed by atoms with Crippen LogP contribution in [0.4, 0.5) is 0 Å². The van der Waals surface area contributed by atoms with Gasteiger partial charge in [0.05, 0.1) is 6.42 Å². The predicted molar refractivity (Wildman–Crippen MR) is 73.2 cm³/mol. The molecule has 0 aliphatic carbocycles. The number of rotatable bonds is 5. The molecule has 1 fully saturated rings. The van der Waals surface area contributed by atoms with E-state index in [1.165, 1.54) is 12.8 Å². The van der Waals surface area contributed by atoms with Gasteiger partial charge < -0.3 is 15.2 Å². The van der Waals surface area contributed by atoms with Gasteiger partial charge in [-0.15, -0.1) is 12.4 Å². The third-order valence-corrected chi connectivity index (χ3v) is 3.33. The maximum absolute atomic E-state index is 11.2. The van der Waals surface area contributed by atoms with Crippen LogP contribution in [0, 0.1) is 5.92 Å². The van der Waals surface area contributed by atoms with E-state index < -0.39 is 0 Å². The van der Waals surface area contributed by atoms with Gasteiger partial charge in [0, 0.05) is 13.5 Å². The maximum Gasteiger partial charge on any atom is 0.227 e. The molecule has 0 saturated carbocycles. The zero-order chi connectivity index (χ0) is 12.8. The Labute approximate surface area is 119 Å². The van der Waals surface area contributed by atoms with Crippen LogP contribution in [-0.4, -0.2) is 36.2 Å². The van der Waals surface area contributed by atoms with Gasteiger partial charge in [-0.3, -0.25) is 4.79 Å². The zero-order valence-electron chi connectivity index (χ0n) is 11.1. The van der Waals surface area contributed by atoms with Crippen molar-refractivity contribution in [3.8, 4) is 0 Å². The summed E-state index contributed by atoms with van der Waals surface area (Å²) in [4.78, 5) is 15.4. The number of nitrogens with one attached hydrogen (secondary N) is 2. The molecule has 1 aromatic rings. The molecule has 1 amide bonds. The highest BCUT2D eigenvalue weighted by Crippen LogP contribution is 2.18. The highest BCUT2D eigenvalue weighted by Gasteiger charge is 2.15. The van der Waals surface area contributed by atoms with Gasteiger partial charge in [0.1, 0.15) is 0 Å². The molecule has 1 saturated heterocycles. The molecule has 0 unspecified atom stereocenters. The zero-order valence-corrected chi connectivity index (χ0v) is 12.0. The largest absolute Gasteiger partial charge is 0.359 e. The minimum atomic E-state index is -0.0966. The average molecular weight is 289 g/mol. The fourth-order valence-corrected chi connectivity index (χ4v) is 2.19. The fraction of sp³-hybridized carbons (Fsp3) is 0.750. The Kier molecular flexibility index (Phi) is 6.80. The summed E-state index contributed by atoms with van der Waals surface area (Å²) >= 11 is 0. The summed E-state index contributed by atoms with van der Waals surface area (Å²) in [6, 6.07) is 0. The lowest BCUT2D eigenvalue weighted by Gasteiger charge is -2.21. The van der Waals surface area contributed by atoms with Gasteiger partial charge >= 0.3 is 0 Å². The summed E-state index contributed by atoms with van der Waals surface area (Å²) < 4.78 is 5.14. The number of halogens is 1. The van der Waals surface area contributed by atoms with E-state index >= 15 is 0 Å². The van der Waals surface area contributed by atoms with Crippen molar-refractivity contribution < 1.29 is 9.32 Å². The van der Waals surface area contributed by atoms with Crippen LogP contribution in [0.25, 0.3) is 0 Å². The van der Waals surface area contributed by atoms with Crippen LogP contribution in [0.2, 0.25) is 0 Å². The number of amides is 1.